The zero-order valence-corrected chi connectivity index (χ0v) is 14.8. The molecule has 0 aliphatic heterocycles. The Balaban J connectivity index is 0. The molecule has 0 aliphatic carbocycles. The summed E-state index contributed by atoms with van der Waals surface area (Å²) in [6.07, 6.45) is 13.3. The summed E-state index contributed by atoms with van der Waals surface area (Å²) in [5.41, 5.74) is 5.13. The van der Waals surface area contributed by atoms with Crippen molar-refractivity contribution in [3.8, 4) is 0 Å². The first-order valence-electron chi connectivity index (χ1n) is 8.67. The Labute approximate surface area is 164 Å². The monoisotopic (exact) mass is 359 g/mol. The van der Waals surface area contributed by atoms with E-state index in [1.807, 2.05) is 0 Å². The van der Waals surface area contributed by atoms with Crippen LogP contribution >= 0.6 is 0 Å². The molecule has 134 valence electrons. The van der Waals surface area contributed by atoms with Gasteiger partial charge in [-0.2, -0.15) is 8.42 Å². The summed E-state index contributed by atoms with van der Waals surface area (Å²) < 4.78 is 26.9. The molecule has 7 heteroatoms. The first kappa shape index (κ1) is 25.6. The molecular formula is C16H34NNaO4S. The van der Waals surface area contributed by atoms with E-state index in [1.54, 1.807) is 0 Å². The summed E-state index contributed by atoms with van der Waals surface area (Å²) >= 11 is 0. The Bertz CT molecular complexity index is 374. The number of unbranched alkanes of at least 4 members (excludes halogenated alkanes) is 10. The Morgan fingerprint density at radius 2 is 1.30 bits per heavy atom. The van der Waals surface area contributed by atoms with E-state index in [2.05, 4.69) is 11.1 Å². The van der Waals surface area contributed by atoms with Gasteiger partial charge in [-0.3, -0.25) is 4.79 Å². The quantitative estimate of drug-likeness (QED) is 0.276. The molecule has 0 saturated heterocycles. The van der Waals surface area contributed by atoms with E-state index in [-0.39, 0.29) is 48.3 Å². The van der Waals surface area contributed by atoms with E-state index >= 15 is 0 Å². The standard InChI is InChI=1S/C16H33NO4S.Na.H/c1-2-3-4-5-6-7-8-9-10-11-12-13-16(18)21-22(19,20)15-14-17;;/h2-15,17H2,1H3;;. The molecule has 0 spiro atoms. The number of hydrogen-bond acceptors (Lipinski definition) is 5. The van der Waals surface area contributed by atoms with Crippen LogP contribution in [0.25, 0.3) is 0 Å². The predicted octanol–water partition coefficient (Wildman–Crippen LogP) is 2.87. The molecule has 0 heterocycles. The first-order chi connectivity index (χ1) is 10.5. The summed E-state index contributed by atoms with van der Waals surface area (Å²) in [6.45, 7) is 2.19. The molecule has 0 unspecified atom stereocenters. The van der Waals surface area contributed by atoms with Crippen molar-refractivity contribution < 1.29 is 17.4 Å². The number of carbonyl (C=O) groups is 1. The number of nitrogens with two attached hydrogens (primary N) is 1. The second kappa shape index (κ2) is 17.2. The van der Waals surface area contributed by atoms with E-state index in [0.29, 0.717) is 6.42 Å². The Morgan fingerprint density at radius 3 is 1.74 bits per heavy atom. The van der Waals surface area contributed by atoms with Crippen molar-refractivity contribution >= 4 is 45.6 Å². The summed E-state index contributed by atoms with van der Waals surface area (Å²) in [7, 11) is -3.77. The molecule has 23 heavy (non-hydrogen) atoms. The first-order valence-corrected chi connectivity index (χ1v) is 10.2. The molecule has 0 aromatic heterocycles. The SMILES string of the molecule is CCCCCCCCCCCCCC(=O)OS(=O)(=O)CCN.[NaH]. The van der Waals surface area contributed by atoms with Crippen molar-refractivity contribution in [3.63, 3.8) is 0 Å². The Hall–Kier alpha value is 0.380. The third kappa shape index (κ3) is 18.6. The molecule has 0 rings (SSSR count). The zero-order valence-electron chi connectivity index (χ0n) is 14.0. The molecule has 0 radical (unpaired) electrons. The number of carbonyl (C=O) groups excluding carboxylic acids is 1. The Morgan fingerprint density at radius 1 is 0.870 bits per heavy atom. The van der Waals surface area contributed by atoms with Crippen LogP contribution in [0, 0.1) is 0 Å². The van der Waals surface area contributed by atoms with E-state index in [1.165, 1.54) is 51.4 Å². The van der Waals surface area contributed by atoms with Gasteiger partial charge in [-0.15, -0.1) is 0 Å². The molecule has 2 N–H and O–H groups in total. The van der Waals surface area contributed by atoms with Gasteiger partial charge in [0.2, 0.25) is 0 Å². The van der Waals surface area contributed by atoms with Crippen molar-refractivity contribution in [1.82, 2.24) is 0 Å². The van der Waals surface area contributed by atoms with Gasteiger partial charge in [0.15, 0.2) is 0 Å². The van der Waals surface area contributed by atoms with Gasteiger partial charge in [0.05, 0.1) is 5.75 Å². The van der Waals surface area contributed by atoms with Crippen molar-refractivity contribution in [1.29, 1.82) is 0 Å². The second-order valence-corrected chi connectivity index (χ2v) is 7.48. The molecule has 5 nitrogen and oxygen atoms in total. The average Bonchev–Trinajstić information content (AvgIpc) is 2.44. The van der Waals surface area contributed by atoms with Gasteiger partial charge in [-0.1, -0.05) is 71.1 Å². The maximum atomic E-state index is 11.4. The molecule has 0 amide bonds. The summed E-state index contributed by atoms with van der Waals surface area (Å²) in [5.74, 6) is -0.971. The third-order valence-electron chi connectivity index (χ3n) is 3.57. The van der Waals surface area contributed by atoms with E-state index in [0.717, 1.165) is 12.8 Å². The van der Waals surface area contributed by atoms with Gasteiger partial charge in [-0.05, 0) is 6.42 Å². The number of hydrogen-bond donors (Lipinski definition) is 1. The molecule has 0 saturated carbocycles. The summed E-state index contributed by atoms with van der Waals surface area (Å²) in [4.78, 5) is 11.4. The molecule has 0 bridgehead atoms. The normalized spacial score (nSPS) is 11.0. The zero-order chi connectivity index (χ0) is 16.7. The fourth-order valence-electron chi connectivity index (χ4n) is 2.30. The van der Waals surface area contributed by atoms with Crippen LogP contribution in [-0.2, 0) is 19.1 Å². The van der Waals surface area contributed by atoms with Gasteiger partial charge < -0.3 is 9.92 Å². The predicted molar refractivity (Wildman–Crippen MR) is 97.2 cm³/mol. The number of rotatable bonds is 15. The van der Waals surface area contributed by atoms with Crippen LogP contribution < -0.4 is 5.73 Å². The van der Waals surface area contributed by atoms with Crippen LogP contribution in [0.3, 0.4) is 0 Å². The van der Waals surface area contributed by atoms with Gasteiger partial charge in [-0.25, -0.2) is 0 Å². The summed E-state index contributed by atoms with van der Waals surface area (Å²) in [6, 6.07) is 0. The molecule has 0 aromatic carbocycles. The van der Waals surface area contributed by atoms with Crippen LogP contribution in [-0.4, -0.2) is 56.2 Å². The molecule has 0 aliphatic rings. The van der Waals surface area contributed by atoms with Crippen LogP contribution in [0.15, 0.2) is 0 Å². The van der Waals surface area contributed by atoms with Crippen molar-refractivity contribution in [2.45, 2.75) is 84.0 Å². The van der Waals surface area contributed by atoms with Gasteiger partial charge in [0, 0.05) is 13.0 Å². The Kier molecular flexibility index (Phi) is 19.2. The minimum atomic E-state index is -3.77. The topological polar surface area (TPSA) is 86.5 Å². The van der Waals surface area contributed by atoms with Crippen molar-refractivity contribution in [2.75, 3.05) is 12.3 Å². The van der Waals surface area contributed by atoms with Gasteiger partial charge in [0.1, 0.15) is 0 Å². The minimum absolute atomic E-state index is 0. The van der Waals surface area contributed by atoms with Crippen molar-refractivity contribution in [2.24, 2.45) is 5.73 Å². The summed E-state index contributed by atoms with van der Waals surface area (Å²) in [5, 5.41) is 0. The average molecular weight is 360 g/mol. The fourth-order valence-corrected chi connectivity index (χ4v) is 3.04. The fraction of sp³-hybridized carbons (Fsp3) is 0.938. The molecule has 0 aromatic rings. The van der Waals surface area contributed by atoms with E-state index in [4.69, 9.17) is 5.73 Å². The van der Waals surface area contributed by atoms with Crippen LogP contribution in [0.4, 0.5) is 0 Å². The molecule has 0 atom stereocenters. The van der Waals surface area contributed by atoms with Crippen molar-refractivity contribution in [3.05, 3.63) is 0 Å². The van der Waals surface area contributed by atoms with Crippen LogP contribution in [0.2, 0.25) is 0 Å². The van der Waals surface area contributed by atoms with Gasteiger partial charge >= 0.3 is 45.6 Å². The van der Waals surface area contributed by atoms with Gasteiger partial charge in [0.25, 0.3) is 0 Å². The third-order valence-corrected chi connectivity index (χ3v) is 4.75. The maximum absolute atomic E-state index is 11.4. The molecular weight excluding hydrogens is 325 g/mol. The van der Waals surface area contributed by atoms with Crippen LogP contribution in [0.1, 0.15) is 84.0 Å². The van der Waals surface area contributed by atoms with Crippen LogP contribution in [0.5, 0.6) is 0 Å². The van der Waals surface area contributed by atoms with E-state index < -0.39 is 16.1 Å². The van der Waals surface area contributed by atoms with E-state index in [9.17, 15) is 13.2 Å². The molecule has 0 fully saturated rings. The second-order valence-electron chi connectivity index (χ2n) is 5.79.